The first-order valence-electron chi connectivity index (χ1n) is 5.73. The molecule has 3 atom stereocenters. The molecule has 0 spiro atoms. The first-order chi connectivity index (χ1) is 7.07. The van der Waals surface area contributed by atoms with E-state index in [2.05, 4.69) is 19.2 Å². The average molecular weight is 211 g/mol. The van der Waals surface area contributed by atoms with Crippen LogP contribution in [-0.4, -0.2) is 23.0 Å². The molecule has 0 bridgehead atoms. The molecule has 0 saturated heterocycles. The van der Waals surface area contributed by atoms with Crippen LogP contribution in [-0.2, 0) is 4.79 Å². The number of ketones is 1. The highest BCUT2D eigenvalue weighted by molar-refractivity contribution is 5.94. The highest BCUT2D eigenvalue weighted by atomic mass is 16.3. The molecule has 0 fully saturated rings. The number of Topliss-reactive ketones (excluding diaryl/α,β-unsaturated/α-hetero) is 1. The summed E-state index contributed by atoms with van der Waals surface area (Å²) in [6, 6.07) is 0.00968. The first kappa shape index (κ1) is 12.2. The molecule has 1 rings (SSSR count). The standard InChI is InChI=1S/C12H21NO2/c1-4-5-6-8(2)11-12(15)10(7-13-11)9(3)14/h7-8,11-13,15H,4-6H2,1-3H3. The zero-order chi connectivity index (χ0) is 11.4. The number of rotatable bonds is 5. The molecule has 3 heteroatoms. The quantitative estimate of drug-likeness (QED) is 0.726. The maximum atomic E-state index is 11.2. The van der Waals surface area contributed by atoms with Crippen molar-refractivity contribution < 1.29 is 9.90 Å². The molecule has 0 saturated carbocycles. The van der Waals surface area contributed by atoms with E-state index in [9.17, 15) is 9.90 Å². The van der Waals surface area contributed by atoms with E-state index in [-0.39, 0.29) is 11.8 Å². The molecule has 0 aromatic heterocycles. The summed E-state index contributed by atoms with van der Waals surface area (Å²) >= 11 is 0. The Labute approximate surface area is 91.6 Å². The van der Waals surface area contributed by atoms with Gasteiger partial charge in [0.2, 0.25) is 0 Å². The van der Waals surface area contributed by atoms with Crippen molar-refractivity contribution in [3.8, 4) is 0 Å². The molecule has 0 aromatic rings. The van der Waals surface area contributed by atoms with Gasteiger partial charge in [-0.1, -0.05) is 26.7 Å². The fourth-order valence-electron chi connectivity index (χ4n) is 2.05. The molecule has 1 aliphatic heterocycles. The molecule has 15 heavy (non-hydrogen) atoms. The van der Waals surface area contributed by atoms with Gasteiger partial charge in [0.1, 0.15) is 6.10 Å². The van der Waals surface area contributed by atoms with Gasteiger partial charge >= 0.3 is 0 Å². The number of unbranched alkanes of at least 4 members (excludes halogenated alkanes) is 1. The van der Waals surface area contributed by atoms with E-state index in [4.69, 9.17) is 0 Å². The van der Waals surface area contributed by atoms with Crippen LogP contribution in [0.3, 0.4) is 0 Å². The second-order valence-electron chi connectivity index (χ2n) is 4.41. The third-order valence-corrected chi connectivity index (χ3v) is 3.12. The maximum absolute atomic E-state index is 11.2. The van der Waals surface area contributed by atoms with Gasteiger partial charge in [0.15, 0.2) is 5.78 Å². The SMILES string of the molecule is CCCCC(C)C1NC=C(C(C)=O)C1O. The van der Waals surface area contributed by atoms with Gasteiger partial charge in [-0.25, -0.2) is 0 Å². The minimum Gasteiger partial charge on any atom is -0.386 e. The van der Waals surface area contributed by atoms with Crippen molar-refractivity contribution in [1.29, 1.82) is 0 Å². The lowest BCUT2D eigenvalue weighted by molar-refractivity contribution is -0.114. The van der Waals surface area contributed by atoms with Gasteiger partial charge in [-0.05, 0) is 19.3 Å². The van der Waals surface area contributed by atoms with Gasteiger partial charge in [-0.3, -0.25) is 4.79 Å². The lowest BCUT2D eigenvalue weighted by Gasteiger charge is -2.23. The zero-order valence-corrected chi connectivity index (χ0v) is 9.79. The number of carbonyl (C=O) groups excluding carboxylic acids is 1. The Kier molecular flexibility index (Phi) is 4.33. The largest absolute Gasteiger partial charge is 0.386 e. The summed E-state index contributed by atoms with van der Waals surface area (Å²) in [7, 11) is 0. The fraction of sp³-hybridized carbons (Fsp3) is 0.750. The molecule has 0 aliphatic carbocycles. The minimum absolute atomic E-state index is 0.00968. The Morgan fingerprint density at radius 1 is 1.67 bits per heavy atom. The topological polar surface area (TPSA) is 49.3 Å². The highest BCUT2D eigenvalue weighted by Crippen LogP contribution is 2.23. The van der Waals surface area contributed by atoms with E-state index in [1.165, 1.54) is 19.8 Å². The maximum Gasteiger partial charge on any atom is 0.159 e. The smallest absolute Gasteiger partial charge is 0.159 e. The minimum atomic E-state index is -0.630. The molecule has 0 aromatic carbocycles. The summed E-state index contributed by atoms with van der Waals surface area (Å²) in [6.45, 7) is 5.77. The van der Waals surface area contributed by atoms with Crippen LogP contribution in [0.1, 0.15) is 40.0 Å². The van der Waals surface area contributed by atoms with Crippen LogP contribution in [0.25, 0.3) is 0 Å². The van der Waals surface area contributed by atoms with Crippen molar-refractivity contribution in [1.82, 2.24) is 5.32 Å². The molecule has 3 unspecified atom stereocenters. The van der Waals surface area contributed by atoms with Crippen molar-refractivity contribution in [3.05, 3.63) is 11.8 Å². The number of carbonyl (C=O) groups is 1. The molecular weight excluding hydrogens is 190 g/mol. The Morgan fingerprint density at radius 3 is 2.80 bits per heavy atom. The third-order valence-electron chi connectivity index (χ3n) is 3.12. The molecule has 2 N–H and O–H groups in total. The molecule has 0 amide bonds. The lowest BCUT2D eigenvalue weighted by Crippen LogP contribution is -2.38. The molecule has 86 valence electrons. The number of hydrogen-bond donors (Lipinski definition) is 2. The number of nitrogens with one attached hydrogen (secondary N) is 1. The normalized spacial score (nSPS) is 27.1. The van der Waals surface area contributed by atoms with Crippen LogP contribution in [0, 0.1) is 5.92 Å². The summed E-state index contributed by atoms with van der Waals surface area (Å²) < 4.78 is 0. The van der Waals surface area contributed by atoms with Crippen molar-refractivity contribution in [2.45, 2.75) is 52.2 Å². The van der Waals surface area contributed by atoms with Gasteiger partial charge in [0.05, 0.1) is 6.04 Å². The predicted molar refractivity (Wildman–Crippen MR) is 60.4 cm³/mol. The Hall–Kier alpha value is -0.830. The molecule has 1 heterocycles. The number of hydrogen-bond acceptors (Lipinski definition) is 3. The zero-order valence-electron chi connectivity index (χ0n) is 9.79. The summed E-state index contributed by atoms with van der Waals surface area (Å²) in [5, 5.41) is 13.1. The first-order valence-corrected chi connectivity index (χ1v) is 5.73. The van der Waals surface area contributed by atoms with Gasteiger partial charge in [0, 0.05) is 11.8 Å². The van der Waals surface area contributed by atoms with Gasteiger partial charge < -0.3 is 10.4 Å². The van der Waals surface area contributed by atoms with Crippen LogP contribution >= 0.6 is 0 Å². The van der Waals surface area contributed by atoms with Crippen LogP contribution in [0.15, 0.2) is 11.8 Å². The summed E-state index contributed by atoms with van der Waals surface area (Å²) in [5.74, 6) is 0.355. The summed E-state index contributed by atoms with van der Waals surface area (Å²) in [6.07, 6.45) is 4.46. The van der Waals surface area contributed by atoms with E-state index in [0.717, 1.165) is 6.42 Å². The van der Waals surface area contributed by atoms with Crippen LogP contribution in [0.5, 0.6) is 0 Å². The van der Waals surface area contributed by atoms with Crippen molar-refractivity contribution in [3.63, 3.8) is 0 Å². The van der Waals surface area contributed by atoms with Crippen LogP contribution in [0.4, 0.5) is 0 Å². The van der Waals surface area contributed by atoms with Gasteiger partial charge in [0.25, 0.3) is 0 Å². The van der Waals surface area contributed by atoms with Crippen molar-refractivity contribution >= 4 is 5.78 Å². The van der Waals surface area contributed by atoms with E-state index in [1.54, 1.807) is 6.20 Å². The van der Waals surface area contributed by atoms with E-state index < -0.39 is 6.10 Å². The number of aliphatic hydroxyl groups is 1. The van der Waals surface area contributed by atoms with Crippen molar-refractivity contribution in [2.75, 3.05) is 0 Å². The van der Waals surface area contributed by atoms with Gasteiger partial charge in [-0.2, -0.15) is 0 Å². The monoisotopic (exact) mass is 211 g/mol. The second-order valence-corrected chi connectivity index (χ2v) is 4.41. The van der Waals surface area contributed by atoms with Crippen LogP contribution < -0.4 is 5.32 Å². The van der Waals surface area contributed by atoms with Crippen LogP contribution in [0.2, 0.25) is 0 Å². The Bertz CT molecular complexity index is 260. The summed E-state index contributed by atoms with van der Waals surface area (Å²) in [5.41, 5.74) is 0.517. The second kappa shape index (κ2) is 5.31. The third kappa shape index (κ3) is 2.81. The highest BCUT2D eigenvalue weighted by Gasteiger charge is 2.33. The van der Waals surface area contributed by atoms with Gasteiger partial charge in [-0.15, -0.1) is 0 Å². The molecule has 1 aliphatic rings. The molecule has 0 radical (unpaired) electrons. The summed E-state index contributed by atoms with van der Waals surface area (Å²) in [4.78, 5) is 11.2. The predicted octanol–water partition coefficient (Wildman–Crippen LogP) is 1.62. The molecule has 3 nitrogen and oxygen atoms in total. The molecular formula is C12H21NO2. The number of aliphatic hydroxyl groups excluding tert-OH is 1. The van der Waals surface area contributed by atoms with Crippen molar-refractivity contribution in [2.24, 2.45) is 5.92 Å². The van der Waals surface area contributed by atoms with E-state index >= 15 is 0 Å². The van der Waals surface area contributed by atoms with E-state index in [1.807, 2.05) is 0 Å². The fourth-order valence-corrected chi connectivity index (χ4v) is 2.05. The Balaban J connectivity index is 2.51. The Morgan fingerprint density at radius 2 is 2.33 bits per heavy atom. The lowest BCUT2D eigenvalue weighted by atomic mass is 9.90. The average Bonchev–Trinajstić information content (AvgIpc) is 2.56. The van der Waals surface area contributed by atoms with E-state index in [0.29, 0.717) is 11.5 Å².